The highest BCUT2D eigenvalue weighted by atomic mass is 32.2. The molecule has 0 saturated carbocycles. The molecule has 1 rings (SSSR count). The van der Waals surface area contributed by atoms with Crippen molar-refractivity contribution in [1.29, 1.82) is 0 Å². The Balaban J connectivity index is 2.87. The maximum Gasteiger partial charge on any atom is 0.315 e. The number of sulfonamides is 1. The van der Waals surface area contributed by atoms with E-state index in [-0.39, 0.29) is 30.1 Å². The highest BCUT2D eigenvalue weighted by molar-refractivity contribution is 7.91. The highest BCUT2D eigenvalue weighted by Crippen LogP contribution is 2.24. The highest BCUT2D eigenvalue weighted by Gasteiger charge is 2.32. The predicted molar refractivity (Wildman–Crippen MR) is 94.2 cm³/mol. The molecule has 1 atom stereocenters. The molecule has 132 valence electrons. The Labute approximate surface area is 143 Å². The number of rotatable bonds is 6. The van der Waals surface area contributed by atoms with E-state index in [2.05, 4.69) is 10.6 Å². The van der Waals surface area contributed by atoms with Crippen LogP contribution in [0.15, 0.2) is 21.7 Å². The van der Waals surface area contributed by atoms with Crippen LogP contribution in [0.4, 0.5) is 4.79 Å². The van der Waals surface area contributed by atoms with Gasteiger partial charge in [0, 0.05) is 25.7 Å². The minimum absolute atomic E-state index is 0.0169. The van der Waals surface area contributed by atoms with Gasteiger partial charge in [-0.05, 0) is 30.7 Å². The van der Waals surface area contributed by atoms with Crippen LogP contribution in [0.1, 0.15) is 34.6 Å². The summed E-state index contributed by atoms with van der Waals surface area (Å²) >= 11 is 1.19. The molecule has 0 spiro atoms. The van der Waals surface area contributed by atoms with E-state index in [0.29, 0.717) is 4.21 Å². The van der Waals surface area contributed by atoms with E-state index < -0.39 is 10.0 Å². The topological polar surface area (TPSA) is 78.5 Å². The Morgan fingerprint density at radius 2 is 1.91 bits per heavy atom. The van der Waals surface area contributed by atoms with Gasteiger partial charge in [-0.1, -0.05) is 26.8 Å². The van der Waals surface area contributed by atoms with Crippen molar-refractivity contribution >= 4 is 27.4 Å². The minimum Gasteiger partial charge on any atom is -0.336 e. The molecule has 0 bridgehead atoms. The van der Waals surface area contributed by atoms with Crippen LogP contribution in [0, 0.1) is 5.41 Å². The quantitative estimate of drug-likeness (QED) is 0.817. The molecule has 1 heterocycles. The Kier molecular flexibility index (Phi) is 6.61. The number of carbonyl (C=O) groups is 1. The monoisotopic (exact) mass is 361 g/mol. The summed E-state index contributed by atoms with van der Waals surface area (Å²) in [5.41, 5.74) is -0.284. The van der Waals surface area contributed by atoms with Gasteiger partial charge in [0.15, 0.2) is 0 Å². The lowest BCUT2D eigenvalue weighted by molar-refractivity contribution is 0.205. The molecule has 23 heavy (non-hydrogen) atoms. The van der Waals surface area contributed by atoms with Gasteiger partial charge >= 0.3 is 6.03 Å². The normalized spacial score (nSPS) is 14.1. The zero-order chi connectivity index (χ0) is 17.8. The standard InChI is InChI=1S/C15H27N3O3S2/c1-11(2)16-14(19)17-12(15(3,4)5)10-18(6)23(20,21)13-8-7-9-22-13/h7-9,11-12H,10H2,1-6H3,(H2,16,17,19). The molecule has 0 aromatic carbocycles. The molecule has 0 aliphatic rings. The van der Waals surface area contributed by atoms with Crippen molar-refractivity contribution in [3.8, 4) is 0 Å². The summed E-state index contributed by atoms with van der Waals surface area (Å²) < 4.78 is 26.7. The average Bonchev–Trinajstić information content (AvgIpc) is 2.89. The molecule has 0 fully saturated rings. The van der Waals surface area contributed by atoms with Crippen molar-refractivity contribution in [2.45, 2.75) is 50.9 Å². The smallest absolute Gasteiger partial charge is 0.315 e. The Bertz CT molecular complexity index is 604. The average molecular weight is 362 g/mol. The van der Waals surface area contributed by atoms with Crippen LogP contribution in [0.5, 0.6) is 0 Å². The third-order valence-electron chi connectivity index (χ3n) is 3.37. The molecule has 0 aliphatic heterocycles. The molecule has 6 nitrogen and oxygen atoms in total. The Morgan fingerprint density at radius 1 is 1.30 bits per heavy atom. The van der Waals surface area contributed by atoms with E-state index >= 15 is 0 Å². The zero-order valence-corrected chi connectivity index (χ0v) is 16.2. The molecule has 1 unspecified atom stereocenters. The van der Waals surface area contributed by atoms with Gasteiger partial charge in [-0.2, -0.15) is 4.31 Å². The number of urea groups is 1. The van der Waals surface area contributed by atoms with Crippen molar-refractivity contribution in [2.24, 2.45) is 5.41 Å². The second kappa shape index (κ2) is 7.63. The van der Waals surface area contributed by atoms with Gasteiger partial charge in [0.25, 0.3) is 10.0 Å². The fourth-order valence-electron chi connectivity index (χ4n) is 1.92. The van der Waals surface area contributed by atoms with Crippen LogP contribution < -0.4 is 10.6 Å². The van der Waals surface area contributed by atoms with Crippen molar-refractivity contribution in [1.82, 2.24) is 14.9 Å². The SMILES string of the molecule is CC(C)NC(=O)NC(CN(C)S(=O)(=O)c1cccs1)C(C)(C)C. The lowest BCUT2D eigenvalue weighted by Gasteiger charge is -2.34. The van der Waals surface area contributed by atoms with Crippen LogP contribution >= 0.6 is 11.3 Å². The van der Waals surface area contributed by atoms with E-state index in [1.54, 1.807) is 17.5 Å². The molecule has 2 N–H and O–H groups in total. The summed E-state index contributed by atoms with van der Waals surface area (Å²) in [6.45, 7) is 9.87. The van der Waals surface area contributed by atoms with E-state index in [0.717, 1.165) is 0 Å². The second-order valence-corrected chi connectivity index (χ2v) is 10.1. The molecular formula is C15H27N3O3S2. The number of nitrogens with zero attached hydrogens (tertiary/aromatic N) is 1. The summed E-state index contributed by atoms with van der Waals surface area (Å²) in [6.07, 6.45) is 0. The number of nitrogens with one attached hydrogen (secondary N) is 2. The van der Waals surface area contributed by atoms with Crippen LogP contribution in [0.25, 0.3) is 0 Å². The van der Waals surface area contributed by atoms with Gasteiger partial charge in [-0.25, -0.2) is 13.2 Å². The Morgan fingerprint density at radius 3 is 2.35 bits per heavy atom. The largest absolute Gasteiger partial charge is 0.336 e. The summed E-state index contributed by atoms with van der Waals surface area (Å²) in [5, 5.41) is 7.39. The number of likely N-dealkylation sites (N-methyl/N-ethyl adjacent to an activating group) is 1. The van der Waals surface area contributed by atoms with Crippen LogP contribution in [-0.4, -0.2) is 44.4 Å². The van der Waals surface area contributed by atoms with Crippen LogP contribution in [-0.2, 0) is 10.0 Å². The fraction of sp³-hybridized carbons (Fsp3) is 0.667. The molecule has 0 aliphatic carbocycles. The predicted octanol–water partition coefficient (Wildman–Crippen LogP) is 2.49. The van der Waals surface area contributed by atoms with Gasteiger partial charge in [0.1, 0.15) is 4.21 Å². The first-order chi connectivity index (χ1) is 10.4. The molecular weight excluding hydrogens is 334 g/mol. The van der Waals surface area contributed by atoms with Crippen molar-refractivity contribution in [3.05, 3.63) is 17.5 Å². The number of thiophene rings is 1. The third kappa shape index (κ3) is 5.78. The molecule has 1 aromatic rings. The van der Waals surface area contributed by atoms with Crippen molar-refractivity contribution in [3.63, 3.8) is 0 Å². The molecule has 8 heteroatoms. The van der Waals surface area contributed by atoms with E-state index in [4.69, 9.17) is 0 Å². The van der Waals surface area contributed by atoms with Gasteiger partial charge in [0.05, 0.1) is 0 Å². The summed E-state index contributed by atoms with van der Waals surface area (Å²) in [6, 6.07) is 2.70. The third-order valence-corrected chi connectivity index (χ3v) is 6.57. The lowest BCUT2D eigenvalue weighted by Crippen LogP contribution is -2.54. The fourth-order valence-corrected chi connectivity index (χ4v) is 4.30. The molecule has 0 saturated heterocycles. The van der Waals surface area contributed by atoms with E-state index in [1.165, 1.54) is 22.7 Å². The lowest BCUT2D eigenvalue weighted by atomic mass is 9.87. The van der Waals surface area contributed by atoms with E-state index in [9.17, 15) is 13.2 Å². The second-order valence-electron chi connectivity index (χ2n) is 6.91. The summed E-state index contributed by atoms with van der Waals surface area (Å²) in [5.74, 6) is 0. The maximum atomic E-state index is 12.5. The summed E-state index contributed by atoms with van der Waals surface area (Å²) in [7, 11) is -1.99. The van der Waals surface area contributed by atoms with Gasteiger partial charge in [-0.3, -0.25) is 0 Å². The Hall–Kier alpha value is -1.12. The first kappa shape index (κ1) is 19.9. The van der Waals surface area contributed by atoms with Crippen LogP contribution in [0.3, 0.4) is 0 Å². The zero-order valence-electron chi connectivity index (χ0n) is 14.6. The van der Waals surface area contributed by atoms with Gasteiger partial charge < -0.3 is 10.6 Å². The van der Waals surface area contributed by atoms with Gasteiger partial charge in [0.2, 0.25) is 0 Å². The van der Waals surface area contributed by atoms with Crippen LogP contribution in [0.2, 0.25) is 0 Å². The summed E-state index contributed by atoms with van der Waals surface area (Å²) in [4.78, 5) is 12.0. The molecule has 0 radical (unpaired) electrons. The van der Waals surface area contributed by atoms with Gasteiger partial charge in [-0.15, -0.1) is 11.3 Å². The van der Waals surface area contributed by atoms with E-state index in [1.807, 2.05) is 34.6 Å². The van der Waals surface area contributed by atoms with Crippen molar-refractivity contribution in [2.75, 3.05) is 13.6 Å². The first-order valence-electron chi connectivity index (χ1n) is 7.51. The number of hydrogen-bond acceptors (Lipinski definition) is 4. The number of carbonyl (C=O) groups excluding carboxylic acids is 1. The number of hydrogen-bond donors (Lipinski definition) is 2. The maximum absolute atomic E-state index is 12.5. The first-order valence-corrected chi connectivity index (χ1v) is 9.83. The molecule has 2 amide bonds. The minimum atomic E-state index is -3.53. The van der Waals surface area contributed by atoms with Crippen molar-refractivity contribution < 1.29 is 13.2 Å². The number of amides is 2. The molecule has 1 aromatic heterocycles.